The summed E-state index contributed by atoms with van der Waals surface area (Å²) >= 11 is 4.54. The van der Waals surface area contributed by atoms with E-state index in [1.165, 1.54) is 23.1 Å². The lowest BCUT2D eigenvalue weighted by Crippen LogP contribution is -2.14. The van der Waals surface area contributed by atoms with Crippen LogP contribution in [0.5, 0.6) is 0 Å². The van der Waals surface area contributed by atoms with Gasteiger partial charge < -0.3 is 5.32 Å². The van der Waals surface area contributed by atoms with Crippen molar-refractivity contribution < 1.29 is 4.79 Å². The first-order valence-electron chi connectivity index (χ1n) is 7.04. The molecule has 1 aromatic carbocycles. The van der Waals surface area contributed by atoms with E-state index in [9.17, 15) is 4.79 Å². The summed E-state index contributed by atoms with van der Waals surface area (Å²) in [6, 6.07) is 6.02. The van der Waals surface area contributed by atoms with Gasteiger partial charge >= 0.3 is 0 Å². The molecule has 0 fully saturated rings. The Kier molecular flexibility index (Phi) is 6.68. The molecule has 1 amide bonds. The fourth-order valence-corrected chi connectivity index (χ4v) is 4.35. The highest BCUT2D eigenvalue weighted by atomic mass is 32.2. The Balaban J connectivity index is 1.84. The molecule has 0 aliphatic heterocycles. The lowest BCUT2D eigenvalue weighted by atomic mass is 10.1. The van der Waals surface area contributed by atoms with Crippen LogP contribution in [0.3, 0.4) is 0 Å². The molecule has 0 radical (unpaired) electrons. The maximum absolute atomic E-state index is 12.1. The Hall–Kier alpha value is -1.31. The van der Waals surface area contributed by atoms with Gasteiger partial charge in [0.25, 0.3) is 0 Å². The van der Waals surface area contributed by atoms with Gasteiger partial charge in [-0.2, -0.15) is 0 Å². The van der Waals surface area contributed by atoms with E-state index in [2.05, 4.69) is 22.1 Å². The number of hydrogen-bond acceptors (Lipinski definition) is 6. The van der Waals surface area contributed by atoms with E-state index in [0.717, 1.165) is 36.8 Å². The molecule has 0 atom stereocenters. The van der Waals surface area contributed by atoms with Crippen molar-refractivity contribution in [1.82, 2.24) is 10.2 Å². The second-order valence-electron chi connectivity index (χ2n) is 5.23. The van der Waals surface area contributed by atoms with Gasteiger partial charge in [-0.25, -0.2) is 0 Å². The summed E-state index contributed by atoms with van der Waals surface area (Å²) in [5.41, 5.74) is 4.16. The molecule has 0 saturated heterocycles. The van der Waals surface area contributed by atoms with Crippen LogP contribution in [0.4, 0.5) is 5.69 Å². The van der Waals surface area contributed by atoms with Crippen LogP contribution in [-0.2, 0) is 4.79 Å². The average Bonchev–Trinajstić information content (AvgIpc) is 2.95. The number of hydrogen-bond donors (Lipinski definition) is 1. The van der Waals surface area contributed by atoms with Crippen molar-refractivity contribution in [3.05, 3.63) is 41.5 Å². The third-order valence-corrected chi connectivity index (χ3v) is 6.24. The molecule has 2 rings (SSSR count). The lowest BCUT2D eigenvalue weighted by Gasteiger charge is -2.08. The standard InChI is InChI=1S/C16H19N3OS3/c1-10(2)8-21-15-18-19-16(23-15)22-9-14(20)17-13-7-11(3)5-6-12(13)4/h5-7H,1,8-9H2,2-4H3,(H,17,20). The minimum Gasteiger partial charge on any atom is -0.325 e. The Labute approximate surface area is 149 Å². The van der Waals surface area contributed by atoms with Gasteiger partial charge in [0.05, 0.1) is 5.75 Å². The molecule has 1 N–H and O–H groups in total. The molecule has 23 heavy (non-hydrogen) atoms. The topological polar surface area (TPSA) is 54.9 Å². The number of benzene rings is 1. The molecular weight excluding hydrogens is 346 g/mol. The predicted molar refractivity (Wildman–Crippen MR) is 101 cm³/mol. The van der Waals surface area contributed by atoms with Crippen LogP contribution >= 0.6 is 34.9 Å². The number of aromatic nitrogens is 2. The minimum absolute atomic E-state index is 0.0324. The molecule has 0 spiro atoms. The summed E-state index contributed by atoms with van der Waals surface area (Å²) in [5, 5.41) is 11.2. The predicted octanol–water partition coefficient (Wildman–Crippen LogP) is 4.55. The first-order chi connectivity index (χ1) is 10.9. The Bertz CT molecular complexity index is 712. The van der Waals surface area contributed by atoms with Gasteiger partial charge in [-0.15, -0.1) is 10.2 Å². The third-order valence-electron chi connectivity index (χ3n) is 2.82. The number of amides is 1. The Morgan fingerprint density at radius 2 is 1.87 bits per heavy atom. The lowest BCUT2D eigenvalue weighted by molar-refractivity contribution is -0.113. The van der Waals surface area contributed by atoms with Gasteiger partial charge in [0.2, 0.25) is 5.91 Å². The molecule has 0 aliphatic carbocycles. The summed E-state index contributed by atoms with van der Waals surface area (Å²) in [7, 11) is 0. The van der Waals surface area contributed by atoms with Crippen molar-refractivity contribution in [2.45, 2.75) is 29.5 Å². The van der Waals surface area contributed by atoms with Crippen LogP contribution in [0.1, 0.15) is 18.1 Å². The van der Waals surface area contributed by atoms with Gasteiger partial charge in [-0.1, -0.05) is 59.1 Å². The normalized spacial score (nSPS) is 10.6. The van der Waals surface area contributed by atoms with Gasteiger partial charge in [0.15, 0.2) is 8.68 Å². The van der Waals surface area contributed by atoms with Crippen LogP contribution in [0.25, 0.3) is 0 Å². The maximum Gasteiger partial charge on any atom is 0.234 e. The summed E-state index contributed by atoms with van der Waals surface area (Å²) < 4.78 is 1.72. The van der Waals surface area contributed by atoms with Crippen molar-refractivity contribution in [2.75, 3.05) is 16.8 Å². The van der Waals surface area contributed by atoms with Crippen LogP contribution in [0, 0.1) is 13.8 Å². The number of thioether (sulfide) groups is 2. The van der Waals surface area contributed by atoms with E-state index in [4.69, 9.17) is 0 Å². The quantitative estimate of drug-likeness (QED) is 0.576. The Morgan fingerprint density at radius 3 is 2.52 bits per heavy atom. The minimum atomic E-state index is -0.0324. The SMILES string of the molecule is C=C(C)CSc1nnc(SCC(=O)Nc2cc(C)ccc2C)s1. The zero-order valence-electron chi connectivity index (χ0n) is 13.4. The molecule has 122 valence electrons. The van der Waals surface area contributed by atoms with E-state index >= 15 is 0 Å². The summed E-state index contributed by atoms with van der Waals surface area (Å²) in [5.74, 6) is 1.13. The molecule has 0 unspecified atom stereocenters. The van der Waals surface area contributed by atoms with Crippen molar-refractivity contribution in [3.8, 4) is 0 Å². The van der Waals surface area contributed by atoms with Crippen LogP contribution in [0.15, 0.2) is 39.0 Å². The van der Waals surface area contributed by atoms with Crippen LogP contribution < -0.4 is 5.32 Å². The van der Waals surface area contributed by atoms with Crippen molar-refractivity contribution in [1.29, 1.82) is 0 Å². The molecule has 7 heteroatoms. The third kappa shape index (κ3) is 6.01. The highest BCUT2D eigenvalue weighted by Crippen LogP contribution is 2.29. The highest BCUT2D eigenvalue weighted by Gasteiger charge is 2.10. The number of anilines is 1. The van der Waals surface area contributed by atoms with Crippen LogP contribution in [-0.4, -0.2) is 27.6 Å². The number of carbonyl (C=O) groups excluding carboxylic acids is 1. The molecule has 0 saturated carbocycles. The van der Waals surface area contributed by atoms with Crippen molar-refractivity contribution >= 4 is 46.5 Å². The van der Waals surface area contributed by atoms with E-state index in [1.807, 2.05) is 39.0 Å². The fraction of sp³-hybridized carbons (Fsp3) is 0.312. The first kappa shape index (κ1) is 18.0. The van der Waals surface area contributed by atoms with E-state index < -0.39 is 0 Å². The molecule has 1 heterocycles. The molecule has 2 aromatic rings. The molecule has 4 nitrogen and oxygen atoms in total. The Morgan fingerprint density at radius 1 is 1.22 bits per heavy atom. The highest BCUT2D eigenvalue weighted by molar-refractivity contribution is 8.03. The largest absolute Gasteiger partial charge is 0.325 e. The molecular formula is C16H19N3OS3. The molecule has 1 aromatic heterocycles. The molecule has 0 aliphatic rings. The van der Waals surface area contributed by atoms with Crippen molar-refractivity contribution in [3.63, 3.8) is 0 Å². The first-order valence-corrected chi connectivity index (χ1v) is 9.83. The number of carbonyl (C=O) groups is 1. The summed E-state index contributed by atoms with van der Waals surface area (Å²) in [6.07, 6.45) is 0. The van der Waals surface area contributed by atoms with E-state index in [-0.39, 0.29) is 5.91 Å². The zero-order chi connectivity index (χ0) is 16.8. The summed E-state index contributed by atoms with van der Waals surface area (Å²) in [6.45, 7) is 9.85. The van der Waals surface area contributed by atoms with Gasteiger partial charge in [0.1, 0.15) is 0 Å². The fourth-order valence-electron chi connectivity index (χ4n) is 1.68. The number of aryl methyl sites for hydroxylation is 2. The van der Waals surface area contributed by atoms with E-state index in [0.29, 0.717) is 5.75 Å². The van der Waals surface area contributed by atoms with Gasteiger partial charge in [-0.05, 0) is 38.0 Å². The molecule has 0 bridgehead atoms. The average molecular weight is 366 g/mol. The smallest absolute Gasteiger partial charge is 0.234 e. The number of rotatable bonds is 7. The number of nitrogens with zero attached hydrogens (tertiary/aromatic N) is 2. The van der Waals surface area contributed by atoms with Crippen molar-refractivity contribution in [2.24, 2.45) is 0 Å². The monoisotopic (exact) mass is 365 g/mol. The number of nitrogens with one attached hydrogen (secondary N) is 1. The van der Waals surface area contributed by atoms with Gasteiger partial charge in [0, 0.05) is 11.4 Å². The maximum atomic E-state index is 12.1. The second-order valence-corrected chi connectivity index (χ2v) is 8.66. The van der Waals surface area contributed by atoms with Crippen LogP contribution in [0.2, 0.25) is 0 Å². The van der Waals surface area contributed by atoms with Gasteiger partial charge in [-0.3, -0.25) is 4.79 Å². The van der Waals surface area contributed by atoms with E-state index in [1.54, 1.807) is 11.8 Å². The zero-order valence-corrected chi connectivity index (χ0v) is 15.8. The second kappa shape index (κ2) is 8.52. The summed E-state index contributed by atoms with van der Waals surface area (Å²) in [4.78, 5) is 12.1.